The summed E-state index contributed by atoms with van der Waals surface area (Å²) in [6.07, 6.45) is 1.77. The van der Waals surface area contributed by atoms with E-state index in [2.05, 4.69) is 9.72 Å². The van der Waals surface area contributed by atoms with E-state index in [9.17, 15) is 13.6 Å². The highest BCUT2D eigenvalue weighted by atomic mass is 19.3. The van der Waals surface area contributed by atoms with E-state index in [1.165, 1.54) is 16.5 Å². The number of halogens is 2. The number of pyridine rings is 1. The van der Waals surface area contributed by atoms with E-state index in [1.807, 2.05) is 26.1 Å². The third-order valence-corrected chi connectivity index (χ3v) is 4.00. The zero-order chi connectivity index (χ0) is 18.7. The van der Waals surface area contributed by atoms with Gasteiger partial charge in [-0.2, -0.15) is 8.78 Å². The smallest absolute Gasteiger partial charge is 0.387 e. The van der Waals surface area contributed by atoms with Crippen LogP contribution in [0.1, 0.15) is 16.8 Å². The molecule has 1 N–H and O–H groups in total. The van der Waals surface area contributed by atoms with E-state index in [4.69, 9.17) is 0 Å². The molecule has 5 nitrogen and oxygen atoms in total. The second kappa shape index (κ2) is 7.61. The number of nitrogens with one attached hydrogen (secondary N) is 1. The van der Waals surface area contributed by atoms with E-state index < -0.39 is 6.61 Å². The van der Waals surface area contributed by atoms with Crippen LogP contribution < -0.4 is 15.2 Å². The van der Waals surface area contributed by atoms with Gasteiger partial charge in [0, 0.05) is 17.8 Å². The van der Waals surface area contributed by atoms with Gasteiger partial charge in [-0.15, -0.1) is 0 Å². The van der Waals surface area contributed by atoms with Gasteiger partial charge in [-0.1, -0.05) is 6.07 Å². The monoisotopic (exact) mass is 360 g/mol. The van der Waals surface area contributed by atoms with E-state index in [0.29, 0.717) is 24.4 Å². The Hall–Kier alpha value is -2.80. The van der Waals surface area contributed by atoms with Crippen LogP contribution in [-0.2, 0) is 13.1 Å². The number of quaternary nitrogens is 1. The average molecular weight is 360 g/mol. The molecule has 1 unspecified atom stereocenters. The van der Waals surface area contributed by atoms with Gasteiger partial charge in [0.1, 0.15) is 30.2 Å². The third-order valence-electron chi connectivity index (χ3n) is 4.00. The average Bonchev–Trinajstić information content (AvgIpc) is 2.57. The number of rotatable bonds is 6. The predicted octanol–water partition coefficient (Wildman–Crippen LogP) is 1.82. The molecule has 136 valence electrons. The van der Waals surface area contributed by atoms with Gasteiger partial charge in [0.25, 0.3) is 5.56 Å². The topological polar surface area (TPSA) is 48.0 Å². The van der Waals surface area contributed by atoms with Gasteiger partial charge in [0.15, 0.2) is 0 Å². The minimum atomic E-state index is -2.82. The molecule has 3 rings (SSSR count). The molecule has 0 aliphatic carbocycles. The van der Waals surface area contributed by atoms with Crippen molar-refractivity contribution in [2.45, 2.75) is 26.6 Å². The highest BCUT2D eigenvalue weighted by Crippen LogP contribution is 2.14. The Kier molecular flexibility index (Phi) is 5.27. The Morgan fingerprint density at radius 2 is 1.88 bits per heavy atom. The molecule has 0 aliphatic heterocycles. The predicted molar refractivity (Wildman–Crippen MR) is 93.6 cm³/mol. The number of fused-ring (bicyclic) bond motifs is 1. The first-order chi connectivity index (χ1) is 12.4. The van der Waals surface area contributed by atoms with Crippen LogP contribution in [-0.4, -0.2) is 23.0 Å². The third kappa shape index (κ3) is 4.43. The quantitative estimate of drug-likeness (QED) is 0.730. The molecule has 0 aliphatic rings. The van der Waals surface area contributed by atoms with Crippen molar-refractivity contribution in [3.8, 4) is 5.75 Å². The summed E-state index contributed by atoms with van der Waals surface area (Å²) >= 11 is 0. The molecule has 0 spiro atoms. The van der Waals surface area contributed by atoms with Crippen molar-refractivity contribution in [1.82, 2.24) is 9.38 Å². The zero-order valence-corrected chi connectivity index (χ0v) is 14.6. The molecule has 1 aromatic carbocycles. The number of hydrogen-bond acceptors (Lipinski definition) is 3. The Bertz CT molecular complexity index is 955. The van der Waals surface area contributed by atoms with Crippen LogP contribution in [0.25, 0.3) is 5.65 Å². The molecule has 0 radical (unpaired) electrons. The number of nitrogens with zero attached hydrogens (tertiary/aromatic N) is 2. The van der Waals surface area contributed by atoms with Crippen molar-refractivity contribution in [2.24, 2.45) is 0 Å². The summed E-state index contributed by atoms with van der Waals surface area (Å²) in [6.45, 7) is 0.352. The summed E-state index contributed by atoms with van der Waals surface area (Å²) < 4.78 is 30.2. The minimum Gasteiger partial charge on any atom is -0.435 e. The second-order valence-electron chi connectivity index (χ2n) is 6.35. The van der Waals surface area contributed by atoms with E-state index in [1.54, 1.807) is 24.4 Å². The summed E-state index contributed by atoms with van der Waals surface area (Å²) in [7, 11) is 1.99. The van der Waals surface area contributed by atoms with E-state index >= 15 is 0 Å². The maximum absolute atomic E-state index is 12.3. The van der Waals surface area contributed by atoms with Crippen molar-refractivity contribution in [2.75, 3.05) is 7.05 Å². The maximum atomic E-state index is 12.3. The molecule has 2 aromatic heterocycles. The summed E-state index contributed by atoms with van der Waals surface area (Å²) in [5.74, 6) is 0.140. The lowest BCUT2D eigenvalue weighted by atomic mass is 10.2. The molecule has 7 heteroatoms. The van der Waals surface area contributed by atoms with Crippen molar-refractivity contribution < 1.29 is 18.4 Å². The van der Waals surface area contributed by atoms with Gasteiger partial charge >= 0.3 is 6.61 Å². The fourth-order valence-electron chi connectivity index (χ4n) is 2.86. The summed E-state index contributed by atoms with van der Waals surface area (Å²) in [4.78, 5) is 17.9. The van der Waals surface area contributed by atoms with Crippen LogP contribution in [0, 0.1) is 6.92 Å². The highest BCUT2D eigenvalue weighted by Gasteiger charge is 2.10. The SMILES string of the molecule is Cc1ccc2nc(C[NH+](C)Cc3ccc(OC(F)F)cc3)cc(=O)n2c1. The standard InChI is InChI=1S/C19H19F2N3O2/c1-13-3-8-17-22-15(9-18(25)24(17)10-13)12-23(2)11-14-4-6-16(7-5-14)26-19(20)21/h3-10,19H,11-12H2,1-2H3/p+1. The Labute approximate surface area is 149 Å². The normalized spacial score (nSPS) is 12.5. The van der Waals surface area contributed by atoms with Gasteiger partial charge in [-0.05, 0) is 42.8 Å². The van der Waals surface area contributed by atoms with Crippen LogP contribution in [0.2, 0.25) is 0 Å². The fraction of sp³-hybridized carbons (Fsp3) is 0.263. The lowest BCUT2D eigenvalue weighted by Crippen LogP contribution is -3.06. The molecular formula is C19H20F2N3O2+. The summed E-state index contributed by atoms with van der Waals surface area (Å²) in [6, 6.07) is 11.9. The number of aromatic nitrogens is 2. The van der Waals surface area contributed by atoms with Crippen LogP contribution in [0.15, 0.2) is 53.5 Å². The number of aryl methyl sites for hydroxylation is 1. The molecule has 0 saturated carbocycles. The van der Waals surface area contributed by atoms with Crippen LogP contribution >= 0.6 is 0 Å². The molecule has 0 saturated heterocycles. The molecule has 0 amide bonds. The highest BCUT2D eigenvalue weighted by molar-refractivity contribution is 5.39. The summed E-state index contributed by atoms with van der Waals surface area (Å²) in [5.41, 5.74) is 3.22. The Morgan fingerprint density at radius 3 is 2.58 bits per heavy atom. The van der Waals surface area contributed by atoms with E-state index in [-0.39, 0.29) is 11.3 Å². The summed E-state index contributed by atoms with van der Waals surface area (Å²) in [5, 5.41) is 0. The maximum Gasteiger partial charge on any atom is 0.387 e. The van der Waals surface area contributed by atoms with Crippen molar-refractivity contribution >= 4 is 5.65 Å². The lowest BCUT2D eigenvalue weighted by Gasteiger charge is -2.14. The zero-order valence-electron chi connectivity index (χ0n) is 14.6. The van der Waals surface area contributed by atoms with Crippen LogP contribution in [0.4, 0.5) is 8.78 Å². The van der Waals surface area contributed by atoms with Gasteiger partial charge in [0.2, 0.25) is 0 Å². The first-order valence-corrected chi connectivity index (χ1v) is 8.25. The molecule has 3 aromatic rings. The van der Waals surface area contributed by atoms with Gasteiger partial charge in [0.05, 0.1) is 7.05 Å². The fourth-order valence-corrected chi connectivity index (χ4v) is 2.86. The number of ether oxygens (including phenoxy) is 1. The number of hydrogen-bond donors (Lipinski definition) is 1. The van der Waals surface area contributed by atoms with Gasteiger partial charge in [-0.25, -0.2) is 4.98 Å². The Morgan fingerprint density at radius 1 is 1.15 bits per heavy atom. The van der Waals surface area contributed by atoms with E-state index in [0.717, 1.165) is 16.0 Å². The lowest BCUT2D eigenvalue weighted by molar-refractivity contribution is -0.908. The first-order valence-electron chi connectivity index (χ1n) is 8.25. The van der Waals surface area contributed by atoms with Crippen molar-refractivity contribution in [1.29, 1.82) is 0 Å². The van der Waals surface area contributed by atoms with Gasteiger partial charge < -0.3 is 9.64 Å². The molecule has 0 bridgehead atoms. The number of benzene rings is 1. The van der Waals surface area contributed by atoms with Crippen LogP contribution in [0.3, 0.4) is 0 Å². The minimum absolute atomic E-state index is 0.102. The van der Waals surface area contributed by atoms with Crippen LogP contribution in [0.5, 0.6) is 5.75 Å². The molecule has 1 atom stereocenters. The molecule has 26 heavy (non-hydrogen) atoms. The molecule has 0 fully saturated rings. The molecular weight excluding hydrogens is 340 g/mol. The van der Waals surface area contributed by atoms with Crippen molar-refractivity contribution in [3.63, 3.8) is 0 Å². The first kappa shape index (κ1) is 18.0. The molecule has 2 heterocycles. The van der Waals surface area contributed by atoms with Crippen molar-refractivity contribution in [3.05, 3.63) is 75.8 Å². The number of alkyl halides is 2. The second-order valence-corrected chi connectivity index (χ2v) is 6.35. The Balaban J connectivity index is 1.70. The van der Waals surface area contributed by atoms with Gasteiger partial charge in [-0.3, -0.25) is 9.20 Å². The largest absolute Gasteiger partial charge is 0.435 e.